The van der Waals surface area contributed by atoms with Crippen molar-refractivity contribution >= 4 is 17.3 Å². The molecule has 2 aromatic carbocycles. The normalized spacial score (nSPS) is 17.0. The first-order valence-corrected chi connectivity index (χ1v) is 8.08. The zero-order valence-corrected chi connectivity index (χ0v) is 13.1. The molecular formula is C19H22N2O2. The van der Waals surface area contributed by atoms with Gasteiger partial charge in [-0.15, -0.1) is 0 Å². The lowest BCUT2D eigenvalue weighted by Crippen LogP contribution is -2.22. The van der Waals surface area contributed by atoms with Crippen molar-refractivity contribution < 1.29 is 9.53 Å². The van der Waals surface area contributed by atoms with Gasteiger partial charge >= 0.3 is 0 Å². The summed E-state index contributed by atoms with van der Waals surface area (Å²) >= 11 is 0. The minimum absolute atomic E-state index is 0.0151. The second-order valence-electron chi connectivity index (χ2n) is 5.79. The van der Waals surface area contributed by atoms with Gasteiger partial charge in [0.25, 0.3) is 0 Å². The summed E-state index contributed by atoms with van der Waals surface area (Å²) in [6, 6.07) is 18.3. The first kappa shape index (κ1) is 15.6. The summed E-state index contributed by atoms with van der Waals surface area (Å²) in [5.41, 5.74) is 3.21. The lowest BCUT2D eigenvalue weighted by molar-refractivity contribution is -0.119. The molecule has 23 heavy (non-hydrogen) atoms. The van der Waals surface area contributed by atoms with Gasteiger partial charge in [0.05, 0.1) is 12.5 Å². The van der Waals surface area contributed by atoms with Crippen molar-refractivity contribution in [2.45, 2.75) is 12.8 Å². The number of carbonyl (C=O) groups is 1. The van der Waals surface area contributed by atoms with Gasteiger partial charge in [-0.2, -0.15) is 0 Å². The van der Waals surface area contributed by atoms with Crippen LogP contribution >= 0.6 is 0 Å². The molecule has 4 heteroatoms. The average Bonchev–Trinajstić information content (AvgIpc) is 3.12. The maximum Gasteiger partial charge on any atom is 0.229 e. The third-order valence-corrected chi connectivity index (χ3v) is 4.04. The van der Waals surface area contributed by atoms with Gasteiger partial charge < -0.3 is 15.4 Å². The zero-order chi connectivity index (χ0) is 15.9. The highest BCUT2D eigenvalue weighted by Crippen LogP contribution is 2.18. The molecule has 0 radical (unpaired) electrons. The molecule has 3 rings (SSSR count). The molecule has 1 atom stereocenters. The minimum Gasteiger partial charge on any atom is -0.385 e. The predicted molar refractivity (Wildman–Crippen MR) is 92.6 cm³/mol. The number of amides is 1. The van der Waals surface area contributed by atoms with E-state index in [0.717, 1.165) is 30.8 Å². The summed E-state index contributed by atoms with van der Waals surface area (Å²) in [6.45, 7) is 2.10. The fourth-order valence-electron chi connectivity index (χ4n) is 2.65. The van der Waals surface area contributed by atoms with Crippen LogP contribution < -0.4 is 10.6 Å². The molecule has 0 aromatic heterocycles. The van der Waals surface area contributed by atoms with Crippen LogP contribution in [0.3, 0.4) is 0 Å². The van der Waals surface area contributed by atoms with Crippen molar-refractivity contribution in [1.82, 2.24) is 0 Å². The van der Waals surface area contributed by atoms with Crippen LogP contribution in [0.2, 0.25) is 0 Å². The monoisotopic (exact) mass is 310 g/mol. The van der Waals surface area contributed by atoms with E-state index in [2.05, 4.69) is 34.9 Å². The number of benzene rings is 2. The average molecular weight is 310 g/mol. The summed E-state index contributed by atoms with van der Waals surface area (Å²) in [6.07, 6.45) is 1.80. The fourth-order valence-corrected chi connectivity index (χ4v) is 2.65. The van der Waals surface area contributed by atoms with Crippen LogP contribution in [0.25, 0.3) is 0 Å². The number of nitrogens with one attached hydrogen (secondary N) is 2. The van der Waals surface area contributed by atoms with Crippen molar-refractivity contribution in [3.63, 3.8) is 0 Å². The number of rotatable bonds is 6. The van der Waals surface area contributed by atoms with E-state index in [1.807, 2.05) is 30.3 Å². The number of anilines is 2. The first-order valence-electron chi connectivity index (χ1n) is 8.08. The number of carbonyl (C=O) groups excluding carboxylic acids is 1. The number of hydrogen-bond donors (Lipinski definition) is 2. The lowest BCUT2D eigenvalue weighted by Gasteiger charge is -2.11. The second-order valence-corrected chi connectivity index (χ2v) is 5.79. The van der Waals surface area contributed by atoms with E-state index in [1.165, 1.54) is 5.56 Å². The Labute approximate surface area is 136 Å². The van der Waals surface area contributed by atoms with Gasteiger partial charge in [-0.25, -0.2) is 0 Å². The topological polar surface area (TPSA) is 50.4 Å². The minimum atomic E-state index is -0.0151. The van der Waals surface area contributed by atoms with Gasteiger partial charge in [-0.3, -0.25) is 4.79 Å². The van der Waals surface area contributed by atoms with Gasteiger partial charge in [0, 0.05) is 24.5 Å². The molecule has 2 aromatic rings. The standard InChI is InChI=1S/C19H22N2O2/c22-19(16-11-13-23-14-16)21-18-8-6-17(7-9-18)20-12-10-15-4-2-1-3-5-15/h1-9,16,20H,10-14H2,(H,21,22)/t16-/m0/s1. The molecule has 0 spiro atoms. The smallest absolute Gasteiger partial charge is 0.229 e. The van der Waals surface area contributed by atoms with Crippen molar-refractivity contribution in [3.8, 4) is 0 Å². The zero-order valence-electron chi connectivity index (χ0n) is 13.1. The summed E-state index contributed by atoms with van der Waals surface area (Å²) in [4.78, 5) is 12.0. The molecule has 0 bridgehead atoms. The maximum atomic E-state index is 12.0. The molecular weight excluding hydrogens is 288 g/mol. The van der Waals surface area contributed by atoms with E-state index in [4.69, 9.17) is 4.74 Å². The molecule has 1 heterocycles. The molecule has 1 saturated heterocycles. The van der Waals surface area contributed by atoms with Gasteiger partial charge in [0.1, 0.15) is 0 Å². The van der Waals surface area contributed by atoms with Crippen LogP contribution in [-0.4, -0.2) is 25.7 Å². The Hall–Kier alpha value is -2.33. The number of hydrogen-bond acceptors (Lipinski definition) is 3. The van der Waals surface area contributed by atoms with Crippen molar-refractivity contribution in [3.05, 3.63) is 60.2 Å². The number of ether oxygens (including phenoxy) is 1. The van der Waals surface area contributed by atoms with Crippen molar-refractivity contribution in [2.24, 2.45) is 5.92 Å². The second kappa shape index (κ2) is 7.79. The Bertz CT molecular complexity index is 620. The first-order chi connectivity index (χ1) is 11.3. The van der Waals surface area contributed by atoms with Crippen LogP contribution in [-0.2, 0) is 16.0 Å². The maximum absolute atomic E-state index is 12.0. The summed E-state index contributed by atoms with van der Waals surface area (Å²) in [5.74, 6) is 0.0333. The summed E-state index contributed by atoms with van der Waals surface area (Å²) < 4.78 is 5.24. The Kier molecular flexibility index (Phi) is 5.27. The van der Waals surface area contributed by atoms with Gasteiger partial charge in [-0.1, -0.05) is 30.3 Å². The van der Waals surface area contributed by atoms with Crippen molar-refractivity contribution in [1.29, 1.82) is 0 Å². The molecule has 1 aliphatic rings. The van der Waals surface area contributed by atoms with E-state index in [9.17, 15) is 4.79 Å². The van der Waals surface area contributed by atoms with Gasteiger partial charge in [0.15, 0.2) is 0 Å². The van der Waals surface area contributed by atoms with Crippen LogP contribution in [0.1, 0.15) is 12.0 Å². The molecule has 120 valence electrons. The van der Waals surface area contributed by atoms with Crippen molar-refractivity contribution in [2.75, 3.05) is 30.4 Å². The van der Waals surface area contributed by atoms with E-state index in [1.54, 1.807) is 0 Å². The summed E-state index contributed by atoms with van der Waals surface area (Å²) in [5, 5.41) is 6.34. The third kappa shape index (κ3) is 4.57. The van der Waals surface area contributed by atoms with Gasteiger partial charge in [0.2, 0.25) is 5.91 Å². The van der Waals surface area contributed by atoms with Gasteiger partial charge in [-0.05, 0) is 42.7 Å². The Morgan fingerprint density at radius 2 is 1.78 bits per heavy atom. The molecule has 1 aliphatic heterocycles. The van der Waals surface area contributed by atoms with Crippen LogP contribution in [0, 0.1) is 5.92 Å². The Morgan fingerprint density at radius 3 is 2.48 bits per heavy atom. The molecule has 1 fully saturated rings. The highest BCUT2D eigenvalue weighted by molar-refractivity contribution is 5.92. The van der Waals surface area contributed by atoms with Crippen LogP contribution in [0.4, 0.5) is 11.4 Å². The predicted octanol–water partition coefficient (Wildman–Crippen LogP) is 3.32. The SMILES string of the molecule is O=C(Nc1ccc(NCCc2ccccc2)cc1)[C@H]1CCOC1. The highest BCUT2D eigenvalue weighted by atomic mass is 16.5. The molecule has 4 nitrogen and oxygen atoms in total. The Morgan fingerprint density at radius 1 is 1.04 bits per heavy atom. The summed E-state index contributed by atoms with van der Waals surface area (Å²) in [7, 11) is 0. The van der Waals surface area contributed by atoms with Crippen LogP contribution in [0.5, 0.6) is 0 Å². The third-order valence-electron chi connectivity index (χ3n) is 4.04. The van der Waals surface area contributed by atoms with E-state index in [-0.39, 0.29) is 11.8 Å². The van der Waals surface area contributed by atoms with Crippen LogP contribution in [0.15, 0.2) is 54.6 Å². The molecule has 0 aliphatic carbocycles. The molecule has 2 N–H and O–H groups in total. The van der Waals surface area contributed by atoms with E-state index in [0.29, 0.717) is 13.2 Å². The van der Waals surface area contributed by atoms with E-state index >= 15 is 0 Å². The molecule has 1 amide bonds. The fraction of sp³-hybridized carbons (Fsp3) is 0.316. The highest BCUT2D eigenvalue weighted by Gasteiger charge is 2.23. The quantitative estimate of drug-likeness (QED) is 0.860. The van der Waals surface area contributed by atoms with E-state index < -0.39 is 0 Å². The molecule has 0 unspecified atom stereocenters. The largest absolute Gasteiger partial charge is 0.385 e. The molecule has 0 saturated carbocycles. The lowest BCUT2D eigenvalue weighted by atomic mass is 10.1. The Balaban J connectivity index is 1.46.